The van der Waals surface area contributed by atoms with E-state index in [0.29, 0.717) is 11.0 Å². The maximum Gasteiger partial charge on any atom is 0.137 e. The topological polar surface area (TPSA) is 32.3 Å². The largest absolute Gasteiger partial charge is 0.508 e. The highest BCUT2D eigenvalue weighted by Gasteiger charge is 2.06. The van der Waals surface area contributed by atoms with Crippen LogP contribution in [0.3, 0.4) is 0 Å². The highest BCUT2D eigenvalue weighted by Crippen LogP contribution is 2.19. The van der Waals surface area contributed by atoms with Gasteiger partial charge in [-0.3, -0.25) is 0 Å². The summed E-state index contributed by atoms with van der Waals surface area (Å²) in [7, 11) is 0. The molecule has 0 fully saturated rings. The SMILES string of the molecule is CC(NCc1ccc(Br)c(F)c1)c1cccc(O)c1. The molecule has 0 heterocycles. The lowest BCUT2D eigenvalue weighted by Crippen LogP contribution is -2.18. The molecule has 0 saturated carbocycles. The lowest BCUT2D eigenvalue weighted by Gasteiger charge is -2.14. The Morgan fingerprint density at radius 3 is 2.74 bits per heavy atom. The van der Waals surface area contributed by atoms with Crippen molar-refractivity contribution < 1.29 is 9.50 Å². The van der Waals surface area contributed by atoms with Crippen molar-refractivity contribution in [3.05, 3.63) is 63.9 Å². The van der Waals surface area contributed by atoms with E-state index >= 15 is 0 Å². The summed E-state index contributed by atoms with van der Waals surface area (Å²) in [6.07, 6.45) is 0. The van der Waals surface area contributed by atoms with Crippen molar-refractivity contribution in [3.8, 4) is 5.75 Å². The standard InChI is InChI=1S/C15H15BrFNO/c1-10(12-3-2-4-13(19)8-12)18-9-11-5-6-14(16)15(17)7-11/h2-8,10,18-19H,9H2,1H3. The van der Waals surface area contributed by atoms with Crippen molar-refractivity contribution in [1.82, 2.24) is 5.32 Å². The molecule has 1 unspecified atom stereocenters. The fourth-order valence-corrected chi connectivity index (χ4v) is 2.08. The van der Waals surface area contributed by atoms with E-state index in [1.807, 2.05) is 25.1 Å². The van der Waals surface area contributed by atoms with Gasteiger partial charge in [-0.05, 0) is 58.2 Å². The first kappa shape index (κ1) is 14.0. The van der Waals surface area contributed by atoms with Crippen molar-refractivity contribution in [2.75, 3.05) is 0 Å². The number of hydrogen-bond acceptors (Lipinski definition) is 2. The smallest absolute Gasteiger partial charge is 0.137 e. The molecule has 0 spiro atoms. The minimum Gasteiger partial charge on any atom is -0.508 e. The molecule has 2 N–H and O–H groups in total. The summed E-state index contributed by atoms with van der Waals surface area (Å²) in [6, 6.07) is 12.3. The molecule has 0 radical (unpaired) electrons. The zero-order chi connectivity index (χ0) is 13.8. The van der Waals surface area contributed by atoms with E-state index in [1.165, 1.54) is 6.07 Å². The first-order chi connectivity index (χ1) is 9.06. The molecule has 19 heavy (non-hydrogen) atoms. The first-order valence-electron chi connectivity index (χ1n) is 6.02. The van der Waals surface area contributed by atoms with Crippen LogP contribution in [0.25, 0.3) is 0 Å². The molecule has 4 heteroatoms. The molecule has 0 bridgehead atoms. The number of rotatable bonds is 4. The molecule has 0 aliphatic heterocycles. The zero-order valence-electron chi connectivity index (χ0n) is 10.5. The molecule has 2 nitrogen and oxygen atoms in total. The Kier molecular flexibility index (Phi) is 4.56. The minimum atomic E-state index is -0.260. The molecule has 2 aromatic carbocycles. The molecule has 0 aromatic heterocycles. The Morgan fingerprint density at radius 1 is 1.26 bits per heavy atom. The van der Waals surface area contributed by atoms with Gasteiger partial charge in [0.2, 0.25) is 0 Å². The average molecular weight is 324 g/mol. The summed E-state index contributed by atoms with van der Waals surface area (Å²) in [4.78, 5) is 0. The van der Waals surface area contributed by atoms with E-state index in [2.05, 4.69) is 21.2 Å². The predicted octanol–water partition coefficient (Wildman–Crippen LogP) is 4.14. The van der Waals surface area contributed by atoms with Gasteiger partial charge in [-0.2, -0.15) is 0 Å². The number of phenols is 1. The summed E-state index contributed by atoms with van der Waals surface area (Å²) in [5.41, 5.74) is 1.88. The fraction of sp³-hybridized carbons (Fsp3) is 0.200. The Balaban J connectivity index is 2.00. The van der Waals surface area contributed by atoms with Crippen LogP contribution in [0.2, 0.25) is 0 Å². The number of nitrogens with one attached hydrogen (secondary N) is 1. The van der Waals surface area contributed by atoms with Gasteiger partial charge < -0.3 is 10.4 Å². The molecule has 0 saturated heterocycles. The molecule has 2 rings (SSSR count). The number of aromatic hydroxyl groups is 1. The Labute approximate surface area is 120 Å². The average Bonchev–Trinajstić information content (AvgIpc) is 2.40. The maximum absolute atomic E-state index is 13.4. The van der Waals surface area contributed by atoms with Crippen molar-refractivity contribution in [2.45, 2.75) is 19.5 Å². The second kappa shape index (κ2) is 6.17. The van der Waals surface area contributed by atoms with E-state index in [9.17, 15) is 9.50 Å². The molecule has 0 aliphatic carbocycles. The summed E-state index contributed by atoms with van der Waals surface area (Å²) >= 11 is 3.13. The number of halogens is 2. The van der Waals surface area contributed by atoms with Crippen molar-refractivity contribution in [3.63, 3.8) is 0 Å². The molecular weight excluding hydrogens is 309 g/mol. The van der Waals surface area contributed by atoms with Crippen LogP contribution in [0.1, 0.15) is 24.1 Å². The van der Waals surface area contributed by atoms with Gasteiger partial charge in [0.1, 0.15) is 11.6 Å². The van der Waals surface area contributed by atoms with Crippen molar-refractivity contribution >= 4 is 15.9 Å². The second-order valence-corrected chi connectivity index (χ2v) is 5.30. The fourth-order valence-electron chi connectivity index (χ4n) is 1.83. The van der Waals surface area contributed by atoms with Gasteiger partial charge in [0.15, 0.2) is 0 Å². The molecule has 100 valence electrons. The minimum absolute atomic E-state index is 0.0822. The highest BCUT2D eigenvalue weighted by molar-refractivity contribution is 9.10. The van der Waals surface area contributed by atoms with Crippen LogP contribution in [0.15, 0.2) is 46.9 Å². The quantitative estimate of drug-likeness (QED) is 0.886. The van der Waals surface area contributed by atoms with E-state index in [0.717, 1.165) is 11.1 Å². The van der Waals surface area contributed by atoms with Gasteiger partial charge in [0.25, 0.3) is 0 Å². The van der Waals surface area contributed by atoms with Crippen LogP contribution >= 0.6 is 15.9 Å². The van der Waals surface area contributed by atoms with Crippen molar-refractivity contribution in [2.24, 2.45) is 0 Å². The summed E-state index contributed by atoms with van der Waals surface area (Å²) in [5, 5.41) is 12.7. The van der Waals surface area contributed by atoms with Gasteiger partial charge >= 0.3 is 0 Å². The van der Waals surface area contributed by atoms with Crippen LogP contribution in [0.4, 0.5) is 4.39 Å². The van der Waals surface area contributed by atoms with Gasteiger partial charge in [-0.1, -0.05) is 18.2 Å². The summed E-state index contributed by atoms with van der Waals surface area (Å²) < 4.78 is 13.8. The van der Waals surface area contributed by atoms with Crippen LogP contribution in [-0.4, -0.2) is 5.11 Å². The van der Waals surface area contributed by atoms with E-state index < -0.39 is 0 Å². The lowest BCUT2D eigenvalue weighted by atomic mass is 10.1. The lowest BCUT2D eigenvalue weighted by molar-refractivity contribution is 0.472. The van der Waals surface area contributed by atoms with Crippen LogP contribution in [0, 0.1) is 5.82 Å². The summed E-state index contributed by atoms with van der Waals surface area (Å²) in [6.45, 7) is 2.57. The van der Waals surface area contributed by atoms with E-state index in [1.54, 1.807) is 18.2 Å². The monoisotopic (exact) mass is 323 g/mol. The molecular formula is C15H15BrFNO. The third-order valence-electron chi connectivity index (χ3n) is 2.97. The Bertz CT molecular complexity index is 574. The number of benzene rings is 2. The molecule has 2 aromatic rings. The van der Waals surface area contributed by atoms with Gasteiger partial charge in [0, 0.05) is 12.6 Å². The normalized spacial score (nSPS) is 12.4. The second-order valence-electron chi connectivity index (χ2n) is 4.45. The summed E-state index contributed by atoms with van der Waals surface area (Å²) in [5.74, 6) is -0.00913. The first-order valence-corrected chi connectivity index (χ1v) is 6.82. The van der Waals surface area contributed by atoms with Gasteiger partial charge in [-0.25, -0.2) is 4.39 Å². The van der Waals surface area contributed by atoms with Crippen LogP contribution < -0.4 is 5.32 Å². The Morgan fingerprint density at radius 2 is 2.05 bits per heavy atom. The van der Waals surface area contributed by atoms with E-state index in [4.69, 9.17) is 0 Å². The third-order valence-corrected chi connectivity index (χ3v) is 3.61. The van der Waals surface area contributed by atoms with Crippen LogP contribution in [0.5, 0.6) is 5.75 Å². The van der Waals surface area contributed by atoms with E-state index in [-0.39, 0.29) is 17.6 Å². The van der Waals surface area contributed by atoms with Crippen molar-refractivity contribution in [1.29, 1.82) is 0 Å². The number of phenolic OH excluding ortho intramolecular Hbond substituents is 1. The van der Waals surface area contributed by atoms with Crippen LogP contribution in [-0.2, 0) is 6.54 Å². The molecule has 1 atom stereocenters. The highest BCUT2D eigenvalue weighted by atomic mass is 79.9. The zero-order valence-corrected chi connectivity index (χ0v) is 12.1. The molecule has 0 amide bonds. The predicted molar refractivity (Wildman–Crippen MR) is 77.5 cm³/mol. The van der Waals surface area contributed by atoms with Gasteiger partial charge in [0.05, 0.1) is 4.47 Å². The maximum atomic E-state index is 13.4. The number of hydrogen-bond donors (Lipinski definition) is 2. The molecule has 0 aliphatic rings. The Hall–Kier alpha value is -1.39. The third kappa shape index (κ3) is 3.78. The van der Waals surface area contributed by atoms with Gasteiger partial charge in [-0.15, -0.1) is 0 Å².